The number of ether oxygens (including phenoxy) is 1. The van der Waals surface area contributed by atoms with Crippen LogP contribution in [0.15, 0.2) is 24.3 Å². The predicted molar refractivity (Wildman–Crippen MR) is 79.1 cm³/mol. The quantitative estimate of drug-likeness (QED) is 0.738. The van der Waals surface area contributed by atoms with Crippen molar-refractivity contribution in [3.63, 3.8) is 0 Å². The van der Waals surface area contributed by atoms with Gasteiger partial charge in [0.05, 0.1) is 18.0 Å². The number of hydrogen-bond donors (Lipinski definition) is 2. The van der Waals surface area contributed by atoms with Crippen LogP contribution in [0.3, 0.4) is 0 Å². The number of halogens is 2. The summed E-state index contributed by atoms with van der Waals surface area (Å²) in [5, 5.41) is 20.6. The van der Waals surface area contributed by atoms with E-state index in [0.717, 1.165) is 24.3 Å². The van der Waals surface area contributed by atoms with Crippen LogP contribution in [0.25, 0.3) is 0 Å². The van der Waals surface area contributed by atoms with Gasteiger partial charge in [0.25, 0.3) is 0 Å². The number of carbonyl (C=O) groups is 2. The number of aliphatic carboxylic acids is 2. The van der Waals surface area contributed by atoms with Crippen LogP contribution in [0.4, 0.5) is 0 Å². The van der Waals surface area contributed by atoms with E-state index >= 15 is 0 Å². The number of likely N-dealkylation sites (N-methyl/N-ethyl adjacent to an activating group) is 1. The van der Waals surface area contributed by atoms with Gasteiger partial charge in [-0.1, -0.05) is 23.2 Å². The van der Waals surface area contributed by atoms with E-state index in [9.17, 15) is 14.7 Å². The van der Waals surface area contributed by atoms with Crippen LogP contribution in [0.1, 0.15) is 5.56 Å². The summed E-state index contributed by atoms with van der Waals surface area (Å²) in [5.41, 5.74) is 1.12. The zero-order valence-electron chi connectivity index (χ0n) is 11.7. The maximum Gasteiger partial charge on any atom is 0.328 e. The Hall–Kier alpha value is -1.76. The lowest BCUT2D eigenvalue weighted by atomic mass is 10.1. The van der Waals surface area contributed by atoms with Crippen molar-refractivity contribution < 1.29 is 29.9 Å². The largest absolute Gasteiger partial charge is 0.545 e. The minimum atomic E-state index is -1.51. The molecule has 0 radical (unpaired) electrons. The van der Waals surface area contributed by atoms with Gasteiger partial charge in [0.2, 0.25) is 0 Å². The molecular formula is C14H15Cl2NO5. The summed E-state index contributed by atoms with van der Waals surface area (Å²) in [6.45, 7) is 0.947. The summed E-state index contributed by atoms with van der Waals surface area (Å²) < 4.78 is 5.71. The number of rotatable bonds is 4. The molecule has 22 heavy (non-hydrogen) atoms. The molecule has 0 bridgehead atoms. The Morgan fingerprint density at radius 3 is 2.64 bits per heavy atom. The highest BCUT2D eigenvalue weighted by molar-refractivity contribution is 6.35. The average Bonchev–Trinajstić information content (AvgIpc) is 2.80. The Bertz CT molecular complexity index is 573. The number of benzene rings is 1. The topological polar surface area (TPSA) is 103 Å². The van der Waals surface area contributed by atoms with E-state index in [1.54, 1.807) is 6.07 Å². The number of hydrogen-bond acceptors (Lipinski definition) is 4. The molecule has 0 fully saturated rings. The van der Waals surface area contributed by atoms with E-state index in [-0.39, 0.29) is 6.10 Å². The highest BCUT2D eigenvalue weighted by Crippen LogP contribution is 2.37. The van der Waals surface area contributed by atoms with Gasteiger partial charge < -0.3 is 25.1 Å². The second kappa shape index (κ2) is 8.63. The van der Waals surface area contributed by atoms with Crippen LogP contribution >= 0.6 is 23.2 Å². The van der Waals surface area contributed by atoms with Crippen molar-refractivity contribution in [1.29, 1.82) is 0 Å². The summed E-state index contributed by atoms with van der Waals surface area (Å²) in [4.78, 5) is 19.0. The summed E-state index contributed by atoms with van der Waals surface area (Å²) >= 11 is 11.9. The molecule has 1 atom stereocenters. The summed E-state index contributed by atoms with van der Waals surface area (Å²) in [5.74, 6) is -2.00. The first-order chi connectivity index (χ1) is 10.3. The normalized spacial score (nSPS) is 15.7. The molecule has 8 heteroatoms. The molecule has 2 rings (SSSR count). The van der Waals surface area contributed by atoms with Crippen LogP contribution < -0.4 is 15.2 Å². The third kappa shape index (κ3) is 5.93. The Morgan fingerprint density at radius 2 is 2.14 bits per heavy atom. The van der Waals surface area contributed by atoms with Crippen molar-refractivity contribution in [3.05, 3.63) is 39.9 Å². The van der Waals surface area contributed by atoms with Gasteiger partial charge in [0.15, 0.2) is 6.10 Å². The molecule has 0 saturated heterocycles. The third-order valence-electron chi connectivity index (χ3n) is 2.68. The highest BCUT2D eigenvalue weighted by Gasteiger charge is 2.26. The molecule has 1 heterocycles. The molecule has 0 spiro atoms. The molecule has 1 unspecified atom stereocenters. The number of quaternary nitrogens is 1. The second-order valence-electron chi connectivity index (χ2n) is 4.45. The van der Waals surface area contributed by atoms with Crippen LogP contribution in [-0.4, -0.2) is 36.7 Å². The molecule has 1 aliphatic heterocycles. The van der Waals surface area contributed by atoms with Gasteiger partial charge in [0.1, 0.15) is 12.3 Å². The van der Waals surface area contributed by atoms with Crippen molar-refractivity contribution in [2.45, 2.75) is 12.5 Å². The molecule has 0 saturated carbocycles. The Labute approximate surface area is 137 Å². The monoisotopic (exact) mass is 347 g/mol. The zero-order chi connectivity index (χ0) is 16.7. The molecule has 120 valence electrons. The van der Waals surface area contributed by atoms with E-state index in [4.69, 9.17) is 33.0 Å². The van der Waals surface area contributed by atoms with Crippen LogP contribution in [0.2, 0.25) is 10.0 Å². The maximum atomic E-state index is 9.53. The fraction of sp³-hybridized carbons (Fsp3) is 0.286. The van der Waals surface area contributed by atoms with Gasteiger partial charge in [-0.05, 0) is 18.2 Å². The van der Waals surface area contributed by atoms with Crippen molar-refractivity contribution in [2.75, 3.05) is 13.6 Å². The van der Waals surface area contributed by atoms with Gasteiger partial charge in [-0.15, -0.1) is 0 Å². The third-order valence-corrected chi connectivity index (χ3v) is 3.18. The lowest BCUT2D eigenvalue weighted by Crippen LogP contribution is -2.82. The second-order valence-corrected chi connectivity index (χ2v) is 5.30. The maximum absolute atomic E-state index is 9.53. The van der Waals surface area contributed by atoms with Crippen LogP contribution in [0.5, 0.6) is 5.75 Å². The molecular weight excluding hydrogens is 333 g/mol. The van der Waals surface area contributed by atoms with Crippen molar-refractivity contribution in [1.82, 2.24) is 0 Å². The van der Waals surface area contributed by atoms with Gasteiger partial charge >= 0.3 is 5.97 Å². The van der Waals surface area contributed by atoms with Crippen LogP contribution in [0, 0.1) is 0 Å². The lowest BCUT2D eigenvalue weighted by Gasteiger charge is -2.07. The lowest BCUT2D eigenvalue weighted by molar-refractivity contribution is -0.632. The van der Waals surface area contributed by atoms with Gasteiger partial charge in [-0.25, -0.2) is 4.79 Å². The summed E-state index contributed by atoms with van der Waals surface area (Å²) in [7, 11) is 2.03. The first kappa shape index (κ1) is 18.3. The van der Waals surface area contributed by atoms with Gasteiger partial charge in [0, 0.05) is 23.1 Å². The van der Waals surface area contributed by atoms with E-state index in [1.165, 1.54) is 0 Å². The standard InChI is InChI=1S/C10H11Cl2NO.C4H4O4/c1-13-5-8-3-6-2-7(11)4-9(12)10(6)14-8;5-3(6)1-2-4(7)8/h2,4,8,13H,3,5H2,1H3;1-2H,(H,5,6)(H,7,8)/b;2-1-. The first-order valence-electron chi connectivity index (χ1n) is 6.37. The first-order valence-corrected chi connectivity index (χ1v) is 7.13. The fourth-order valence-electron chi connectivity index (χ4n) is 1.88. The smallest absolute Gasteiger partial charge is 0.328 e. The average molecular weight is 348 g/mol. The molecule has 3 N–H and O–H groups in total. The fourth-order valence-corrected chi connectivity index (χ4v) is 2.46. The van der Waals surface area contributed by atoms with Crippen molar-refractivity contribution >= 4 is 35.1 Å². The van der Waals surface area contributed by atoms with Gasteiger partial charge in [-0.3, -0.25) is 0 Å². The zero-order valence-corrected chi connectivity index (χ0v) is 13.2. The number of fused-ring (bicyclic) bond motifs is 1. The Kier molecular flexibility index (Phi) is 7.17. The molecule has 0 amide bonds. The molecule has 1 aromatic rings. The molecule has 0 aromatic heterocycles. The number of carboxylic acid groups (broad SMARTS) is 2. The van der Waals surface area contributed by atoms with E-state index < -0.39 is 11.9 Å². The SMILES string of the molecule is C[NH2+]CC1Cc2cc(Cl)cc(Cl)c2O1.O=C([O-])/C=C\C(=O)O. The van der Waals surface area contributed by atoms with Crippen molar-refractivity contribution in [2.24, 2.45) is 0 Å². The summed E-state index contributed by atoms with van der Waals surface area (Å²) in [6.07, 6.45) is 2.07. The molecule has 6 nitrogen and oxygen atoms in total. The Balaban J connectivity index is 0.000000261. The van der Waals surface area contributed by atoms with E-state index in [0.29, 0.717) is 22.2 Å². The van der Waals surface area contributed by atoms with E-state index in [1.807, 2.05) is 13.1 Å². The molecule has 1 aliphatic rings. The number of nitrogens with two attached hydrogens (primary N) is 1. The number of carboxylic acids is 2. The van der Waals surface area contributed by atoms with Gasteiger partial charge in [-0.2, -0.15) is 0 Å². The minimum absolute atomic E-state index is 0.228. The molecule has 1 aromatic carbocycles. The van der Waals surface area contributed by atoms with E-state index in [2.05, 4.69) is 5.32 Å². The Morgan fingerprint density at radius 1 is 1.45 bits per heavy atom. The minimum Gasteiger partial charge on any atom is -0.545 e. The van der Waals surface area contributed by atoms with Crippen LogP contribution in [-0.2, 0) is 16.0 Å². The highest BCUT2D eigenvalue weighted by atomic mass is 35.5. The van der Waals surface area contributed by atoms with Crippen molar-refractivity contribution in [3.8, 4) is 5.75 Å². The number of carbonyl (C=O) groups excluding carboxylic acids is 1. The predicted octanol–water partition coefficient (Wildman–Crippen LogP) is -0.133. The molecule has 0 aliphatic carbocycles. The summed E-state index contributed by atoms with van der Waals surface area (Å²) in [6, 6.07) is 3.65.